The Morgan fingerprint density at radius 3 is 1.56 bits per heavy atom. The third-order valence-corrected chi connectivity index (χ3v) is 6.36. The van der Waals surface area contributed by atoms with Gasteiger partial charge >= 0.3 is 5.97 Å². The fraction of sp³-hybridized carbons (Fsp3) is 0.767. The summed E-state index contributed by atoms with van der Waals surface area (Å²) in [5.41, 5.74) is 0. The maximum absolute atomic E-state index is 11.8. The second-order valence-corrected chi connectivity index (χ2v) is 9.50. The second-order valence-electron chi connectivity index (χ2n) is 9.50. The fourth-order valence-electron chi connectivity index (χ4n) is 4.14. The van der Waals surface area contributed by atoms with E-state index in [0.717, 1.165) is 43.8 Å². The number of methoxy groups -OCH3 is 1. The highest BCUT2D eigenvalue weighted by molar-refractivity contribution is 5.69. The molecule has 0 unspecified atom stereocenters. The van der Waals surface area contributed by atoms with Crippen molar-refractivity contribution in [3.63, 3.8) is 0 Å². The van der Waals surface area contributed by atoms with E-state index in [1.807, 2.05) is 24.3 Å². The van der Waals surface area contributed by atoms with E-state index in [1.54, 1.807) is 7.11 Å². The standard InChI is InChI=1S/C30H52O4/c1-3-4-5-6-7-8-10-14-17-20-27-34-30(31)21-18-15-12-9-11-13-16-19-26-33-29-24-22-28(32-2)23-25-29/h22-25H,3-21,26-27H2,1-2H3. The molecule has 1 rings (SSSR count). The second kappa shape index (κ2) is 23.1. The maximum Gasteiger partial charge on any atom is 0.305 e. The van der Waals surface area contributed by atoms with Gasteiger partial charge in [-0.15, -0.1) is 0 Å². The van der Waals surface area contributed by atoms with Gasteiger partial charge < -0.3 is 14.2 Å². The molecule has 0 radical (unpaired) electrons. The summed E-state index contributed by atoms with van der Waals surface area (Å²) in [6.45, 7) is 3.64. The Kier molecular flexibility index (Phi) is 20.6. The summed E-state index contributed by atoms with van der Waals surface area (Å²) in [5, 5.41) is 0. The molecule has 0 spiro atoms. The van der Waals surface area contributed by atoms with Gasteiger partial charge in [-0.2, -0.15) is 0 Å². The zero-order valence-electron chi connectivity index (χ0n) is 22.3. The quantitative estimate of drug-likeness (QED) is 0.110. The highest BCUT2D eigenvalue weighted by atomic mass is 16.5. The van der Waals surface area contributed by atoms with Crippen molar-refractivity contribution in [1.82, 2.24) is 0 Å². The molecule has 0 atom stereocenters. The minimum atomic E-state index is -0.00668. The first kappa shape index (κ1) is 30.3. The zero-order chi connectivity index (χ0) is 24.5. The summed E-state index contributed by atoms with van der Waals surface area (Å²) in [6.07, 6.45) is 23.1. The molecule has 0 fully saturated rings. The lowest BCUT2D eigenvalue weighted by atomic mass is 10.1. The normalized spacial score (nSPS) is 10.9. The summed E-state index contributed by atoms with van der Waals surface area (Å²) in [7, 11) is 1.67. The van der Waals surface area contributed by atoms with E-state index in [1.165, 1.54) is 89.9 Å². The van der Waals surface area contributed by atoms with Crippen molar-refractivity contribution < 1.29 is 19.0 Å². The largest absolute Gasteiger partial charge is 0.497 e. The Balaban J connectivity index is 1.76. The van der Waals surface area contributed by atoms with Crippen LogP contribution in [0.2, 0.25) is 0 Å². The molecule has 4 nitrogen and oxygen atoms in total. The van der Waals surface area contributed by atoms with Crippen LogP contribution in [-0.4, -0.2) is 26.3 Å². The minimum Gasteiger partial charge on any atom is -0.497 e. The molecule has 0 heterocycles. The maximum atomic E-state index is 11.8. The molecule has 4 heteroatoms. The number of hydrogen-bond donors (Lipinski definition) is 0. The molecule has 0 bridgehead atoms. The number of hydrogen-bond acceptors (Lipinski definition) is 4. The summed E-state index contributed by atoms with van der Waals surface area (Å²) in [6, 6.07) is 7.75. The number of esters is 1. The Morgan fingerprint density at radius 2 is 1.03 bits per heavy atom. The van der Waals surface area contributed by atoms with Crippen molar-refractivity contribution in [1.29, 1.82) is 0 Å². The first-order valence-electron chi connectivity index (χ1n) is 14.2. The van der Waals surface area contributed by atoms with E-state index in [9.17, 15) is 4.79 Å². The zero-order valence-corrected chi connectivity index (χ0v) is 22.3. The first-order valence-corrected chi connectivity index (χ1v) is 14.2. The molecule has 0 saturated carbocycles. The van der Waals surface area contributed by atoms with Crippen LogP contribution in [0.5, 0.6) is 11.5 Å². The van der Waals surface area contributed by atoms with E-state index in [4.69, 9.17) is 14.2 Å². The van der Waals surface area contributed by atoms with E-state index >= 15 is 0 Å². The number of rotatable bonds is 24. The van der Waals surface area contributed by atoms with Crippen molar-refractivity contribution in [2.75, 3.05) is 20.3 Å². The molecule has 0 aliphatic carbocycles. The van der Waals surface area contributed by atoms with Gasteiger partial charge in [0.15, 0.2) is 0 Å². The van der Waals surface area contributed by atoms with Crippen molar-refractivity contribution in [2.24, 2.45) is 0 Å². The third kappa shape index (κ3) is 18.7. The predicted octanol–water partition coefficient (Wildman–Crippen LogP) is 9.05. The molecule has 1 aromatic carbocycles. The van der Waals surface area contributed by atoms with Crippen LogP contribution in [0, 0.1) is 0 Å². The number of carbonyl (C=O) groups is 1. The Morgan fingerprint density at radius 1 is 0.588 bits per heavy atom. The van der Waals surface area contributed by atoms with Gasteiger partial charge in [0.1, 0.15) is 11.5 Å². The van der Waals surface area contributed by atoms with E-state index in [2.05, 4.69) is 6.92 Å². The van der Waals surface area contributed by atoms with Crippen LogP contribution in [0.3, 0.4) is 0 Å². The van der Waals surface area contributed by atoms with Gasteiger partial charge in [0, 0.05) is 6.42 Å². The SMILES string of the molecule is CCCCCCCCCCCCOC(=O)CCCCCCCCCCOc1ccc(OC)cc1. The molecule has 0 aliphatic heterocycles. The molecule has 0 aliphatic rings. The Hall–Kier alpha value is -1.71. The van der Waals surface area contributed by atoms with Crippen molar-refractivity contribution in [3.8, 4) is 11.5 Å². The van der Waals surface area contributed by atoms with Crippen LogP contribution in [0.15, 0.2) is 24.3 Å². The van der Waals surface area contributed by atoms with Crippen LogP contribution >= 0.6 is 0 Å². The van der Waals surface area contributed by atoms with Crippen molar-refractivity contribution in [3.05, 3.63) is 24.3 Å². The van der Waals surface area contributed by atoms with Gasteiger partial charge in [-0.3, -0.25) is 4.79 Å². The summed E-state index contributed by atoms with van der Waals surface area (Å²) in [5.74, 6) is 1.75. The first-order chi connectivity index (χ1) is 16.8. The Labute approximate surface area is 210 Å². The smallest absolute Gasteiger partial charge is 0.305 e. The topological polar surface area (TPSA) is 44.8 Å². The van der Waals surface area contributed by atoms with Crippen molar-refractivity contribution in [2.45, 2.75) is 129 Å². The van der Waals surface area contributed by atoms with Crippen LogP contribution in [0.25, 0.3) is 0 Å². The Bertz CT molecular complexity index is 570. The number of carbonyl (C=O) groups excluding carboxylic acids is 1. The molecule has 0 saturated heterocycles. The number of unbranched alkanes of at least 4 members (excludes halogenated alkanes) is 16. The molecule has 0 aromatic heterocycles. The van der Waals surface area contributed by atoms with Crippen LogP contribution < -0.4 is 9.47 Å². The summed E-state index contributed by atoms with van der Waals surface area (Å²) >= 11 is 0. The van der Waals surface area contributed by atoms with Crippen LogP contribution in [0.4, 0.5) is 0 Å². The highest BCUT2D eigenvalue weighted by Crippen LogP contribution is 2.17. The van der Waals surface area contributed by atoms with E-state index in [0.29, 0.717) is 13.0 Å². The molecular weight excluding hydrogens is 424 g/mol. The lowest BCUT2D eigenvalue weighted by molar-refractivity contribution is -0.143. The lowest BCUT2D eigenvalue weighted by Crippen LogP contribution is -2.05. The average molecular weight is 477 g/mol. The van der Waals surface area contributed by atoms with E-state index in [-0.39, 0.29) is 5.97 Å². The fourth-order valence-corrected chi connectivity index (χ4v) is 4.14. The number of ether oxygens (including phenoxy) is 3. The van der Waals surface area contributed by atoms with Crippen LogP contribution in [0.1, 0.15) is 129 Å². The van der Waals surface area contributed by atoms with Crippen molar-refractivity contribution >= 4 is 5.97 Å². The molecule has 0 amide bonds. The van der Waals surface area contributed by atoms with Gasteiger partial charge in [-0.05, 0) is 43.5 Å². The highest BCUT2D eigenvalue weighted by Gasteiger charge is 2.03. The van der Waals surface area contributed by atoms with Gasteiger partial charge in [0.2, 0.25) is 0 Å². The molecule has 0 N–H and O–H groups in total. The van der Waals surface area contributed by atoms with Gasteiger partial charge in [-0.1, -0.05) is 103 Å². The minimum absolute atomic E-state index is 0.00668. The van der Waals surface area contributed by atoms with Gasteiger partial charge in [0.05, 0.1) is 20.3 Å². The molecule has 196 valence electrons. The predicted molar refractivity (Wildman–Crippen MR) is 143 cm³/mol. The molecule has 1 aromatic rings. The average Bonchev–Trinajstić information content (AvgIpc) is 2.86. The lowest BCUT2D eigenvalue weighted by Gasteiger charge is -2.07. The number of benzene rings is 1. The third-order valence-electron chi connectivity index (χ3n) is 6.36. The van der Waals surface area contributed by atoms with Crippen LogP contribution in [-0.2, 0) is 9.53 Å². The summed E-state index contributed by atoms with van der Waals surface area (Å²) in [4.78, 5) is 11.8. The van der Waals surface area contributed by atoms with E-state index < -0.39 is 0 Å². The van der Waals surface area contributed by atoms with Gasteiger partial charge in [-0.25, -0.2) is 0 Å². The molecular formula is C30H52O4. The summed E-state index contributed by atoms with van der Waals surface area (Å²) < 4.78 is 16.3. The van der Waals surface area contributed by atoms with Gasteiger partial charge in [0.25, 0.3) is 0 Å². The molecule has 34 heavy (non-hydrogen) atoms. The monoisotopic (exact) mass is 476 g/mol.